The molecule has 0 saturated heterocycles. The highest BCUT2D eigenvalue weighted by Gasteiger charge is 2.18. The molecule has 0 radical (unpaired) electrons. The van der Waals surface area contributed by atoms with Crippen LogP contribution in [0, 0.1) is 23.6 Å². The van der Waals surface area contributed by atoms with E-state index < -0.39 is 11.8 Å². The van der Waals surface area contributed by atoms with Crippen LogP contribution in [-0.2, 0) is 11.2 Å². The Morgan fingerprint density at radius 2 is 2.18 bits per heavy atom. The predicted octanol–water partition coefficient (Wildman–Crippen LogP) is 3.63. The van der Waals surface area contributed by atoms with Gasteiger partial charge >= 0.3 is 5.97 Å². The number of benzene rings is 1. The third kappa shape index (κ3) is 6.63. The molecule has 0 amide bonds. The number of aromatic nitrogens is 1. The van der Waals surface area contributed by atoms with Crippen molar-refractivity contribution >= 4 is 17.3 Å². The molecule has 0 bridgehead atoms. The van der Waals surface area contributed by atoms with Gasteiger partial charge in [-0.25, -0.2) is 14.2 Å². The molecular formula is C21H25FN2O3S. The molecule has 0 aliphatic heterocycles. The zero-order valence-corrected chi connectivity index (χ0v) is 17.4. The molecule has 0 N–H and O–H groups in total. The predicted molar refractivity (Wildman–Crippen MR) is 108 cm³/mol. The summed E-state index contributed by atoms with van der Waals surface area (Å²) in [5, 5.41) is 0. The summed E-state index contributed by atoms with van der Waals surface area (Å²) in [4.78, 5) is 18.8. The lowest BCUT2D eigenvalue weighted by Crippen LogP contribution is -2.14. The Hall–Kier alpha value is -2.43. The van der Waals surface area contributed by atoms with Crippen LogP contribution in [0.3, 0.4) is 0 Å². The van der Waals surface area contributed by atoms with E-state index in [-0.39, 0.29) is 11.7 Å². The second kappa shape index (κ2) is 10.8. The van der Waals surface area contributed by atoms with Gasteiger partial charge in [0, 0.05) is 10.4 Å². The second-order valence-corrected chi connectivity index (χ2v) is 7.59. The number of hydrogen-bond donors (Lipinski definition) is 0. The fourth-order valence-corrected chi connectivity index (χ4v) is 3.30. The zero-order valence-electron chi connectivity index (χ0n) is 16.6. The van der Waals surface area contributed by atoms with Gasteiger partial charge in [0.15, 0.2) is 17.3 Å². The van der Waals surface area contributed by atoms with Crippen molar-refractivity contribution in [3.63, 3.8) is 0 Å². The molecule has 2 rings (SSSR count). The Labute approximate surface area is 169 Å². The maximum absolute atomic E-state index is 14.2. The Morgan fingerprint density at radius 1 is 1.39 bits per heavy atom. The van der Waals surface area contributed by atoms with Crippen LogP contribution in [0.15, 0.2) is 23.7 Å². The van der Waals surface area contributed by atoms with Gasteiger partial charge in [-0.15, -0.1) is 11.3 Å². The molecule has 0 fully saturated rings. The number of ether oxygens (including phenoxy) is 2. The molecule has 0 spiro atoms. The van der Waals surface area contributed by atoms with Gasteiger partial charge in [0.05, 0.1) is 25.3 Å². The molecular weight excluding hydrogens is 379 g/mol. The number of halogens is 1. The summed E-state index contributed by atoms with van der Waals surface area (Å²) in [7, 11) is 3.85. The smallest absolute Gasteiger partial charge is 0.358 e. The van der Waals surface area contributed by atoms with Gasteiger partial charge in [-0.05, 0) is 51.6 Å². The molecule has 0 aliphatic carbocycles. The summed E-state index contributed by atoms with van der Waals surface area (Å²) in [5.74, 6) is 5.32. The molecule has 2 aromatic rings. The third-order valence-corrected chi connectivity index (χ3v) is 4.58. The lowest BCUT2D eigenvalue weighted by molar-refractivity contribution is 0.0519. The molecule has 150 valence electrons. The number of esters is 1. The first kappa shape index (κ1) is 21.9. The Bertz CT molecular complexity index is 855. The van der Waals surface area contributed by atoms with Crippen LogP contribution in [0.5, 0.6) is 5.75 Å². The largest absolute Gasteiger partial charge is 0.490 e. The van der Waals surface area contributed by atoms with Crippen molar-refractivity contribution in [3.8, 4) is 17.6 Å². The van der Waals surface area contributed by atoms with E-state index in [1.807, 2.05) is 25.9 Å². The van der Waals surface area contributed by atoms with Gasteiger partial charge in [-0.2, -0.15) is 0 Å². The van der Waals surface area contributed by atoms with Gasteiger partial charge in [-0.3, -0.25) is 4.90 Å². The van der Waals surface area contributed by atoms with Crippen LogP contribution in [0.2, 0.25) is 0 Å². The summed E-state index contributed by atoms with van der Waals surface area (Å²) < 4.78 is 24.9. The van der Waals surface area contributed by atoms with Crippen molar-refractivity contribution in [2.24, 2.45) is 5.92 Å². The van der Waals surface area contributed by atoms with Crippen molar-refractivity contribution in [3.05, 3.63) is 45.7 Å². The summed E-state index contributed by atoms with van der Waals surface area (Å²) in [6.45, 7) is 4.98. The van der Waals surface area contributed by atoms with Crippen LogP contribution in [0.4, 0.5) is 4.39 Å². The Kier molecular flexibility index (Phi) is 8.42. The summed E-state index contributed by atoms with van der Waals surface area (Å²) >= 11 is 1.41. The van der Waals surface area contributed by atoms with E-state index in [1.165, 1.54) is 17.4 Å². The molecule has 5 nitrogen and oxygen atoms in total. The molecule has 1 atom stereocenters. The highest BCUT2D eigenvalue weighted by molar-refractivity contribution is 7.09. The van der Waals surface area contributed by atoms with Crippen LogP contribution >= 0.6 is 11.3 Å². The summed E-state index contributed by atoms with van der Waals surface area (Å²) in [6.07, 6.45) is 0.606. The van der Waals surface area contributed by atoms with Crippen LogP contribution in [-0.4, -0.2) is 49.7 Å². The number of thiazole rings is 1. The maximum atomic E-state index is 14.2. The molecule has 1 unspecified atom stereocenters. The van der Waals surface area contributed by atoms with Crippen molar-refractivity contribution in [1.82, 2.24) is 9.88 Å². The number of rotatable bonds is 8. The van der Waals surface area contributed by atoms with Crippen molar-refractivity contribution in [2.75, 3.05) is 33.9 Å². The summed E-state index contributed by atoms with van der Waals surface area (Å²) in [5.41, 5.74) is 2.60. The fraction of sp³-hybridized carbons (Fsp3) is 0.429. The first-order valence-corrected chi connectivity index (χ1v) is 9.94. The highest BCUT2D eigenvalue weighted by atomic mass is 32.1. The molecule has 0 aliphatic rings. The minimum Gasteiger partial charge on any atom is -0.490 e. The highest BCUT2D eigenvalue weighted by Crippen LogP contribution is 2.22. The first-order chi connectivity index (χ1) is 13.4. The molecule has 28 heavy (non-hydrogen) atoms. The Balaban J connectivity index is 1.92. The van der Waals surface area contributed by atoms with Gasteiger partial charge in [0.2, 0.25) is 0 Å². The van der Waals surface area contributed by atoms with E-state index in [0.717, 1.165) is 4.88 Å². The minimum absolute atomic E-state index is 0.0765. The molecule has 1 aromatic heterocycles. The monoisotopic (exact) mass is 404 g/mol. The van der Waals surface area contributed by atoms with Gasteiger partial charge in [0.25, 0.3) is 0 Å². The fourth-order valence-electron chi connectivity index (χ4n) is 2.38. The quantitative estimate of drug-likeness (QED) is 0.497. The van der Waals surface area contributed by atoms with E-state index in [1.54, 1.807) is 24.6 Å². The lowest BCUT2D eigenvalue weighted by Gasteiger charge is -2.13. The van der Waals surface area contributed by atoms with Crippen LogP contribution in [0.25, 0.3) is 0 Å². The van der Waals surface area contributed by atoms with Crippen molar-refractivity contribution in [1.29, 1.82) is 0 Å². The average molecular weight is 405 g/mol. The Morgan fingerprint density at radius 3 is 2.86 bits per heavy atom. The second-order valence-electron chi connectivity index (χ2n) is 6.65. The van der Waals surface area contributed by atoms with E-state index >= 15 is 0 Å². The topological polar surface area (TPSA) is 51.7 Å². The van der Waals surface area contributed by atoms with Gasteiger partial charge in [0.1, 0.15) is 0 Å². The number of carbonyl (C=O) groups is 1. The molecule has 1 aromatic carbocycles. The normalized spacial score (nSPS) is 11.6. The SMILES string of the molecule is CCOC(=O)c1ncsc1CC(C)COc1ccc(C#CCN(C)C)cc1F. The van der Waals surface area contributed by atoms with Crippen molar-refractivity contribution < 1.29 is 18.7 Å². The van der Waals surface area contributed by atoms with E-state index in [0.29, 0.717) is 37.4 Å². The molecule has 7 heteroatoms. The van der Waals surface area contributed by atoms with Gasteiger partial charge < -0.3 is 9.47 Å². The minimum atomic E-state index is -0.436. The first-order valence-electron chi connectivity index (χ1n) is 9.06. The molecule has 1 heterocycles. The number of nitrogens with zero attached hydrogens (tertiary/aromatic N) is 2. The van der Waals surface area contributed by atoms with Crippen LogP contribution < -0.4 is 4.74 Å². The average Bonchev–Trinajstić information content (AvgIpc) is 3.09. The van der Waals surface area contributed by atoms with E-state index in [9.17, 15) is 9.18 Å². The number of carbonyl (C=O) groups excluding carboxylic acids is 1. The van der Waals surface area contributed by atoms with Crippen molar-refractivity contribution in [2.45, 2.75) is 20.3 Å². The summed E-state index contributed by atoms with van der Waals surface area (Å²) in [6, 6.07) is 4.72. The lowest BCUT2D eigenvalue weighted by atomic mass is 10.1. The third-order valence-electron chi connectivity index (χ3n) is 3.73. The number of hydrogen-bond acceptors (Lipinski definition) is 6. The zero-order chi connectivity index (χ0) is 20.5. The van der Waals surface area contributed by atoms with Gasteiger partial charge in [-0.1, -0.05) is 18.8 Å². The van der Waals surface area contributed by atoms with E-state index in [4.69, 9.17) is 9.47 Å². The molecule has 0 saturated carbocycles. The van der Waals surface area contributed by atoms with E-state index in [2.05, 4.69) is 16.8 Å². The van der Waals surface area contributed by atoms with Crippen LogP contribution in [0.1, 0.15) is 34.8 Å². The maximum Gasteiger partial charge on any atom is 0.358 e. The standard InChI is InChI=1S/C21H25FN2O3S/c1-5-26-21(25)20-19(28-14-23-20)11-15(2)13-27-18-9-8-16(12-17(18)22)7-6-10-24(3)4/h8-9,12,14-15H,5,10-11,13H2,1-4H3.